The summed E-state index contributed by atoms with van der Waals surface area (Å²) in [5.41, 5.74) is 2.01. The highest BCUT2D eigenvalue weighted by Crippen LogP contribution is 2.36. The van der Waals surface area contributed by atoms with Crippen LogP contribution in [-0.4, -0.2) is 32.6 Å². The molecule has 0 aliphatic carbocycles. The third-order valence-corrected chi connectivity index (χ3v) is 8.22. The van der Waals surface area contributed by atoms with Gasteiger partial charge in [-0.3, -0.25) is 14.4 Å². The summed E-state index contributed by atoms with van der Waals surface area (Å²) in [6.07, 6.45) is 0.565. The highest BCUT2D eigenvalue weighted by Gasteiger charge is 2.33. The van der Waals surface area contributed by atoms with Gasteiger partial charge in [-0.25, -0.2) is 13.2 Å². The van der Waals surface area contributed by atoms with Crippen molar-refractivity contribution in [2.75, 3.05) is 17.6 Å². The molecule has 3 aromatic rings. The number of rotatable bonds is 6. The number of hydrogen-bond donors (Lipinski definition) is 0. The molecule has 12 heteroatoms. The summed E-state index contributed by atoms with van der Waals surface area (Å²) < 4.78 is 44.1. The Hall–Kier alpha value is -3.67. The molecule has 10 nitrogen and oxygen atoms in total. The first-order chi connectivity index (χ1) is 17.3. The molecule has 0 radical (unpaired) electrons. The van der Waals surface area contributed by atoms with E-state index >= 15 is 0 Å². The predicted molar refractivity (Wildman–Crippen MR) is 129 cm³/mol. The van der Waals surface area contributed by atoms with Crippen LogP contribution in [0.3, 0.4) is 0 Å². The van der Waals surface area contributed by atoms with Gasteiger partial charge in [-0.15, -0.1) is 0 Å². The largest absolute Gasteiger partial charge is 0.467 e. The van der Waals surface area contributed by atoms with Gasteiger partial charge in [-0.05, 0) is 36.2 Å². The van der Waals surface area contributed by atoms with Crippen LogP contribution in [0.15, 0.2) is 59.5 Å². The fourth-order valence-corrected chi connectivity index (χ4v) is 6.23. The maximum Gasteiger partial charge on any atom is 0.338 e. The minimum absolute atomic E-state index is 0.0305. The maximum absolute atomic E-state index is 13.4. The second-order valence-electron chi connectivity index (χ2n) is 8.14. The van der Waals surface area contributed by atoms with Gasteiger partial charge in [-0.1, -0.05) is 29.8 Å². The number of carbonyl (C=O) groups is 1. The van der Waals surface area contributed by atoms with Crippen molar-refractivity contribution in [3.05, 3.63) is 92.0 Å². The highest BCUT2D eigenvalue weighted by atomic mass is 35.5. The minimum atomic E-state index is -4.05. The molecule has 2 aliphatic heterocycles. The summed E-state index contributed by atoms with van der Waals surface area (Å²) in [6, 6.07) is 13.6. The molecule has 0 bridgehead atoms. The van der Waals surface area contributed by atoms with Gasteiger partial charge >= 0.3 is 5.97 Å². The third kappa shape index (κ3) is 4.36. The summed E-state index contributed by atoms with van der Waals surface area (Å²) in [5.74, 6) is -0.469. The first kappa shape index (κ1) is 24.0. The number of nitro benzene ring substituents is 1. The van der Waals surface area contributed by atoms with E-state index in [-0.39, 0.29) is 47.7 Å². The number of anilines is 1. The van der Waals surface area contributed by atoms with Crippen LogP contribution >= 0.6 is 11.6 Å². The quantitative estimate of drug-likeness (QED) is 0.263. The molecule has 0 N–H and O–H groups in total. The zero-order valence-electron chi connectivity index (χ0n) is 18.7. The molecule has 0 saturated heterocycles. The zero-order chi connectivity index (χ0) is 25.4. The van der Waals surface area contributed by atoms with E-state index in [0.29, 0.717) is 29.0 Å². The summed E-state index contributed by atoms with van der Waals surface area (Å²) in [4.78, 5) is 23.4. The van der Waals surface area contributed by atoms with E-state index in [0.717, 1.165) is 5.56 Å². The van der Waals surface area contributed by atoms with Crippen molar-refractivity contribution < 1.29 is 32.3 Å². The molecule has 0 atom stereocenters. The lowest BCUT2D eigenvalue weighted by Gasteiger charge is -2.21. The van der Waals surface area contributed by atoms with E-state index in [1.807, 2.05) is 12.1 Å². The van der Waals surface area contributed by atoms with E-state index in [1.54, 1.807) is 12.1 Å². The summed E-state index contributed by atoms with van der Waals surface area (Å²) in [5, 5.41) is 11.3. The Morgan fingerprint density at radius 1 is 1.14 bits per heavy atom. The van der Waals surface area contributed by atoms with E-state index < -0.39 is 20.9 Å². The van der Waals surface area contributed by atoms with Crippen LogP contribution in [-0.2, 0) is 39.1 Å². The topological polar surface area (TPSA) is 125 Å². The summed E-state index contributed by atoms with van der Waals surface area (Å²) in [7, 11) is -4.05. The number of fused-ring (bicyclic) bond motifs is 2. The van der Waals surface area contributed by atoms with Crippen LogP contribution < -0.4 is 9.04 Å². The number of halogens is 1. The highest BCUT2D eigenvalue weighted by molar-refractivity contribution is 7.93. The Morgan fingerprint density at radius 3 is 2.75 bits per heavy atom. The number of nitro groups is 1. The monoisotopic (exact) mass is 530 g/mol. The smallest absolute Gasteiger partial charge is 0.338 e. The Bertz CT molecular complexity index is 1490. The molecular formula is C24H19ClN2O8S. The molecule has 5 rings (SSSR count). The Labute approximate surface area is 211 Å². The number of para-hydroxylation sites is 1. The number of non-ortho nitro benzene ring substituents is 1. The van der Waals surface area contributed by atoms with Gasteiger partial charge in [0.2, 0.25) is 0 Å². The number of benzene rings is 3. The van der Waals surface area contributed by atoms with Crippen molar-refractivity contribution in [3.8, 4) is 5.75 Å². The molecular weight excluding hydrogens is 512 g/mol. The molecule has 0 amide bonds. The number of sulfonamides is 1. The van der Waals surface area contributed by atoms with Gasteiger partial charge in [0, 0.05) is 29.8 Å². The van der Waals surface area contributed by atoms with Gasteiger partial charge in [0.1, 0.15) is 17.3 Å². The normalized spacial score (nSPS) is 14.5. The average molecular weight is 531 g/mol. The van der Waals surface area contributed by atoms with Gasteiger partial charge < -0.3 is 14.2 Å². The maximum atomic E-state index is 13.4. The molecule has 2 aliphatic rings. The zero-order valence-corrected chi connectivity index (χ0v) is 20.3. The van der Waals surface area contributed by atoms with E-state index in [1.165, 1.54) is 34.6 Å². The standard InChI is InChI=1S/C24H19ClN2O8S/c25-20-6-5-16(11-22(20)36(31,32)26-8-7-15-3-1-2-4-21(15)26)24(28)34-13-18-10-19(27(29)30)9-17-12-33-14-35-23(17)18/h1-6,9-11H,7-8,12-14H2. The molecule has 36 heavy (non-hydrogen) atoms. The van der Waals surface area contributed by atoms with Crippen LogP contribution in [0.25, 0.3) is 0 Å². The second kappa shape index (κ2) is 9.41. The fourth-order valence-electron chi connectivity index (χ4n) is 4.22. The van der Waals surface area contributed by atoms with Gasteiger partial charge in [0.25, 0.3) is 15.7 Å². The van der Waals surface area contributed by atoms with Crippen LogP contribution in [0.5, 0.6) is 5.75 Å². The van der Waals surface area contributed by atoms with Crippen LogP contribution in [0.2, 0.25) is 5.02 Å². The number of hydrogen-bond acceptors (Lipinski definition) is 8. The lowest BCUT2D eigenvalue weighted by atomic mass is 10.1. The lowest BCUT2D eigenvalue weighted by molar-refractivity contribution is -0.385. The van der Waals surface area contributed by atoms with E-state index in [4.69, 9.17) is 25.8 Å². The molecule has 186 valence electrons. The predicted octanol–water partition coefficient (Wildman–Crippen LogP) is 4.22. The SMILES string of the molecule is O=C(OCc1cc([N+](=O)[O-])cc2c1OCOC2)c1ccc(Cl)c(S(=O)(=O)N2CCc3ccccc32)c1. The fraction of sp³-hybridized carbons (Fsp3) is 0.208. The Morgan fingerprint density at radius 2 is 1.94 bits per heavy atom. The van der Waals surface area contributed by atoms with Crippen LogP contribution in [0, 0.1) is 10.1 Å². The van der Waals surface area contributed by atoms with Gasteiger partial charge in [-0.2, -0.15) is 0 Å². The van der Waals surface area contributed by atoms with Crippen molar-refractivity contribution in [1.82, 2.24) is 0 Å². The molecule has 3 aromatic carbocycles. The first-order valence-corrected chi connectivity index (χ1v) is 12.7. The second-order valence-corrected chi connectivity index (χ2v) is 10.4. The van der Waals surface area contributed by atoms with Gasteiger partial charge in [0.05, 0.1) is 27.8 Å². The Kier molecular flexibility index (Phi) is 6.29. The van der Waals surface area contributed by atoms with Crippen LogP contribution in [0.1, 0.15) is 27.0 Å². The number of carbonyl (C=O) groups excluding carboxylic acids is 1. The molecule has 0 unspecified atom stereocenters. The molecule has 0 fully saturated rings. The van der Waals surface area contributed by atoms with Crippen LogP contribution in [0.4, 0.5) is 11.4 Å². The third-order valence-electron chi connectivity index (χ3n) is 5.92. The average Bonchev–Trinajstić information content (AvgIpc) is 3.32. The van der Waals surface area contributed by atoms with Crippen molar-refractivity contribution in [2.24, 2.45) is 0 Å². The molecule has 0 saturated carbocycles. The summed E-state index contributed by atoms with van der Waals surface area (Å²) >= 11 is 6.24. The van der Waals surface area contributed by atoms with E-state index in [9.17, 15) is 23.3 Å². The number of nitrogens with zero attached hydrogens (tertiary/aromatic N) is 2. The first-order valence-electron chi connectivity index (χ1n) is 10.8. The lowest BCUT2D eigenvalue weighted by Crippen LogP contribution is -2.29. The molecule has 0 spiro atoms. The van der Waals surface area contributed by atoms with Crippen molar-refractivity contribution in [2.45, 2.75) is 24.5 Å². The van der Waals surface area contributed by atoms with Gasteiger partial charge in [0.15, 0.2) is 6.79 Å². The number of ether oxygens (including phenoxy) is 3. The molecule has 2 heterocycles. The molecule has 0 aromatic heterocycles. The van der Waals surface area contributed by atoms with Crippen molar-refractivity contribution in [3.63, 3.8) is 0 Å². The van der Waals surface area contributed by atoms with Crippen molar-refractivity contribution in [1.29, 1.82) is 0 Å². The summed E-state index contributed by atoms with van der Waals surface area (Å²) in [6.45, 7) is 0.0150. The van der Waals surface area contributed by atoms with Crippen molar-refractivity contribution >= 4 is 39.0 Å². The Balaban J connectivity index is 1.40. The number of esters is 1. The minimum Gasteiger partial charge on any atom is -0.467 e. The van der Waals surface area contributed by atoms with E-state index in [2.05, 4.69) is 0 Å².